The van der Waals surface area contributed by atoms with Gasteiger partial charge in [0.1, 0.15) is 5.65 Å². The summed E-state index contributed by atoms with van der Waals surface area (Å²) in [4.78, 5) is 33.1. The predicted molar refractivity (Wildman–Crippen MR) is 104 cm³/mol. The number of carbonyl (C=O) groups is 1. The molecule has 4 rings (SSSR count). The predicted octanol–water partition coefficient (Wildman–Crippen LogP) is 3.40. The molecule has 3 heterocycles. The number of nitrogens with one attached hydrogen (secondary N) is 2. The highest BCUT2D eigenvalue weighted by molar-refractivity contribution is 5.96. The third-order valence-corrected chi connectivity index (χ3v) is 4.35. The highest BCUT2D eigenvalue weighted by Crippen LogP contribution is 2.23. The second-order valence-corrected chi connectivity index (χ2v) is 6.15. The van der Waals surface area contributed by atoms with Crippen LogP contribution in [0.2, 0.25) is 0 Å². The van der Waals surface area contributed by atoms with Gasteiger partial charge < -0.3 is 15.0 Å². The van der Waals surface area contributed by atoms with Crippen molar-refractivity contribution in [1.29, 1.82) is 0 Å². The molecular weight excluding hydrogens is 344 g/mol. The highest BCUT2D eigenvalue weighted by Gasteiger charge is 2.22. The van der Waals surface area contributed by atoms with E-state index in [1.807, 2.05) is 43.5 Å². The van der Waals surface area contributed by atoms with Crippen molar-refractivity contribution in [1.82, 2.24) is 14.4 Å². The van der Waals surface area contributed by atoms with Crippen molar-refractivity contribution in [2.45, 2.75) is 13.8 Å². The molecular formula is C20H18N4O3. The largest absolute Gasteiger partial charge is 0.462 e. The molecule has 27 heavy (non-hydrogen) atoms. The van der Waals surface area contributed by atoms with Crippen LogP contribution in [0.15, 0.2) is 53.6 Å². The first-order valence-electron chi connectivity index (χ1n) is 8.61. The normalized spacial score (nSPS) is 11.0. The van der Waals surface area contributed by atoms with Crippen molar-refractivity contribution in [3.63, 3.8) is 0 Å². The number of esters is 1. The van der Waals surface area contributed by atoms with Gasteiger partial charge in [-0.05, 0) is 49.7 Å². The molecule has 0 saturated carbocycles. The van der Waals surface area contributed by atoms with Gasteiger partial charge in [-0.1, -0.05) is 6.07 Å². The minimum Gasteiger partial charge on any atom is -0.462 e. The molecule has 0 saturated heterocycles. The summed E-state index contributed by atoms with van der Waals surface area (Å²) < 4.78 is 6.45. The van der Waals surface area contributed by atoms with Gasteiger partial charge in [0.2, 0.25) is 0 Å². The minimum atomic E-state index is -0.698. The fourth-order valence-electron chi connectivity index (χ4n) is 3.04. The molecule has 0 unspecified atom stereocenters. The standard InChI is InChI=1S/C20H18N4O3/c1-3-27-20(26)16-17(22-14-6-7-15-13(11-14)8-9-21-15)23-18-12(2)5-4-10-24(18)19(16)25/h4-11,21-22H,3H2,1-2H3. The second kappa shape index (κ2) is 6.60. The van der Waals surface area contributed by atoms with Crippen molar-refractivity contribution >= 4 is 34.0 Å². The quantitative estimate of drug-likeness (QED) is 0.543. The molecule has 2 N–H and O–H groups in total. The molecule has 136 valence electrons. The van der Waals surface area contributed by atoms with Gasteiger partial charge in [0.05, 0.1) is 6.61 Å². The number of fused-ring (bicyclic) bond motifs is 2. The molecule has 0 aliphatic rings. The topological polar surface area (TPSA) is 88.5 Å². The van der Waals surface area contributed by atoms with Crippen LogP contribution in [0.25, 0.3) is 16.6 Å². The van der Waals surface area contributed by atoms with E-state index in [9.17, 15) is 9.59 Å². The Hall–Kier alpha value is -3.61. The van der Waals surface area contributed by atoms with Crippen LogP contribution >= 0.6 is 0 Å². The number of pyridine rings is 1. The lowest BCUT2D eigenvalue weighted by Crippen LogP contribution is -2.26. The van der Waals surface area contributed by atoms with Gasteiger partial charge in [0.15, 0.2) is 11.4 Å². The number of ether oxygens (including phenoxy) is 1. The first-order valence-corrected chi connectivity index (χ1v) is 8.61. The lowest BCUT2D eigenvalue weighted by molar-refractivity contribution is 0.0525. The summed E-state index contributed by atoms with van der Waals surface area (Å²) in [5.74, 6) is -0.515. The Balaban J connectivity index is 1.91. The highest BCUT2D eigenvalue weighted by atomic mass is 16.5. The van der Waals surface area contributed by atoms with E-state index in [2.05, 4.69) is 15.3 Å². The Morgan fingerprint density at radius 2 is 2.15 bits per heavy atom. The average molecular weight is 362 g/mol. The number of hydrogen-bond donors (Lipinski definition) is 2. The molecule has 0 spiro atoms. The molecule has 7 nitrogen and oxygen atoms in total. The number of aryl methyl sites for hydroxylation is 1. The Morgan fingerprint density at radius 3 is 2.96 bits per heavy atom. The van der Waals surface area contributed by atoms with Crippen LogP contribution in [0.3, 0.4) is 0 Å². The average Bonchev–Trinajstić information content (AvgIpc) is 3.11. The van der Waals surface area contributed by atoms with Crippen LogP contribution in [0.4, 0.5) is 11.5 Å². The fourth-order valence-corrected chi connectivity index (χ4v) is 3.04. The van der Waals surface area contributed by atoms with Crippen molar-refractivity contribution < 1.29 is 9.53 Å². The number of nitrogens with zero attached hydrogens (tertiary/aromatic N) is 2. The Labute approximate surface area is 154 Å². The van der Waals surface area contributed by atoms with E-state index in [0.29, 0.717) is 5.65 Å². The van der Waals surface area contributed by atoms with E-state index < -0.39 is 11.5 Å². The van der Waals surface area contributed by atoms with Gasteiger partial charge in [-0.25, -0.2) is 9.78 Å². The molecule has 0 aliphatic carbocycles. The number of benzene rings is 1. The van der Waals surface area contributed by atoms with Crippen LogP contribution in [-0.4, -0.2) is 26.9 Å². The zero-order chi connectivity index (χ0) is 19.0. The summed E-state index contributed by atoms with van der Waals surface area (Å²) in [5.41, 5.74) is 2.45. The second-order valence-electron chi connectivity index (χ2n) is 6.15. The Bertz CT molecular complexity index is 1220. The van der Waals surface area contributed by atoms with Crippen LogP contribution in [0.1, 0.15) is 22.8 Å². The molecule has 3 aromatic heterocycles. The van der Waals surface area contributed by atoms with Gasteiger partial charge in [-0.2, -0.15) is 0 Å². The van der Waals surface area contributed by atoms with Crippen LogP contribution in [-0.2, 0) is 4.74 Å². The van der Waals surface area contributed by atoms with Gasteiger partial charge in [0, 0.05) is 29.0 Å². The third-order valence-electron chi connectivity index (χ3n) is 4.35. The number of carbonyl (C=O) groups excluding carboxylic acids is 1. The van der Waals surface area contributed by atoms with E-state index in [-0.39, 0.29) is 18.0 Å². The Kier molecular flexibility index (Phi) is 4.12. The third kappa shape index (κ3) is 2.93. The molecule has 0 fully saturated rings. The number of aromatic nitrogens is 3. The molecule has 0 atom stereocenters. The maximum absolute atomic E-state index is 13.0. The number of anilines is 2. The van der Waals surface area contributed by atoms with Crippen molar-refractivity contribution in [3.05, 3.63) is 70.3 Å². The van der Waals surface area contributed by atoms with E-state index in [0.717, 1.165) is 22.2 Å². The van der Waals surface area contributed by atoms with Gasteiger partial charge in [0.25, 0.3) is 5.56 Å². The summed E-state index contributed by atoms with van der Waals surface area (Å²) in [6.45, 7) is 3.73. The van der Waals surface area contributed by atoms with Gasteiger partial charge in [-0.3, -0.25) is 9.20 Å². The van der Waals surface area contributed by atoms with E-state index >= 15 is 0 Å². The summed E-state index contributed by atoms with van der Waals surface area (Å²) in [6.07, 6.45) is 3.44. The minimum absolute atomic E-state index is 0.117. The number of H-pyrrole nitrogens is 1. The summed E-state index contributed by atoms with van der Waals surface area (Å²) in [5, 5.41) is 4.12. The van der Waals surface area contributed by atoms with Crippen LogP contribution in [0.5, 0.6) is 0 Å². The molecule has 1 aromatic carbocycles. The fraction of sp³-hybridized carbons (Fsp3) is 0.150. The monoisotopic (exact) mass is 362 g/mol. The van der Waals surface area contributed by atoms with Crippen molar-refractivity contribution in [2.75, 3.05) is 11.9 Å². The Morgan fingerprint density at radius 1 is 1.30 bits per heavy atom. The first-order chi connectivity index (χ1) is 13.1. The molecule has 0 bridgehead atoms. The SMILES string of the molecule is CCOC(=O)c1c(Nc2ccc3[nH]ccc3c2)nc2c(C)cccn2c1=O. The van der Waals surface area contributed by atoms with Gasteiger partial charge in [-0.15, -0.1) is 0 Å². The summed E-state index contributed by atoms with van der Waals surface area (Å²) in [6, 6.07) is 11.2. The van der Waals surface area contributed by atoms with E-state index in [4.69, 9.17) is 4.74 Å². The molecule has 0 radical (unpaired) electrons. The lowest BCUT2D eigenvalue weighted by atomic mass is 10.2. The molecule has 0 amide bonds. The number of rotatable bonds is 4. The summed E-state index contributed by atoms with van der Waals surface area (Å²) in [7, 11) is 0. The molecule has 7 heteroatoms. The van der Waals surface area contributed by atoms with E-state index in [1.165, 1.54) is 4.40 Å². The summed E-state index contributed by atoms with van der Waals surface area (Å²) >= 11 is 0. The molecule has 0 aliphatic heterocycles. The van der Waals surface area contributed by atoms with Crippen LogP contribution < -0.4 is 10.9 Å². The first kappa shape index (κ1) is 16.8. The van der Waals surface area contributed by atoms with Crippen LogP contribution in [0, 0.1) is 6.92 Å². The van der Waals surface area contributed by atoms with E-state index in [1.54, 1.807) is 19.2 Å². The lowest BCUT2D eigenvalue weighted by Gasteiger charge is -2.13. The number of hydrogen-bond acceptors (Lipinski definition) is 5. The smallest absolute Gasteiger partial charge is 0.347 e. The maximum atomic E-state index is 13.0. The van der Waals surface area contributed by atoms with Crippen molar-refractivity contribution in [2.24, 2.45) is 0 Å². The van der Waals surface area contributed by atoms with Gasteiger partial charge >= 0.3 is 5.97 Å². The maximum Gasteiger partial charge on any atom is 0.347 e. The molecule has 4 aromatic rings. The zero-order valence-corrected chi connectivity index (χ0v) is 14.9. The number of aromatic amines is 1. The zero-order valence-electron chi connectivity index (χ0n) is 14.9. The van der Waals surface area contributed by atoms with Crippen molar-refractivity contribution in [3.8, 4) is 0 Å².